The van der Waals surface area contributed by atoms with Crippen molar-refractivity contribution in [1.82, 2.24) is 4.90 Å². The van der Waals surface area contributed by atoms with E-state index in [4.69, 9.17) is 5.73 Å². The number of nitrogen functional groups attached to an aromatic ring is 1. The molecule has 1 aromatic carbocycles. The topological polar surface area (TPSA) is 58.4 Å². The Hall–Kier alpha value is -1.20. The Balaban J connectivity index is 2.30. The molecule has 0 aliphatic heterocycles. The zero-order valence-corrected chi connectivity index (χ0v) is 13.4. The van der Waals surface area contributed by atoms with Crippen LogP contribution in [0.25, 0.3) is 0 Å². The minimum absolute atomic E-state index is 0.0405. The number of benzene rings is 1. The third kappa shape index (κ3) is 6.30. The first kappa shape index (κ1) is 16.9. The zero-order chi connectivity index (χ0) is 15.0. The van der Waals surface area contributed by atoms with Crippen molar-refractivity contribution in [3.05, 3.63) is 24.3 Å². The fraction of sp³-hybridized carbons (Fsp3) is 0.533. The van der Waals surface area contributed by atoms with Gasteiger partial charge in [-0.05, 0) is 56.7 Å². The van der Waals surface area contributed by atoms with Crippen molar-refractivity contribution in [2.45, 2.75) is 25.8 Å². The van der Waals surface area contributed by atoms with Crippen LogP contribution < -0.4 is 11.1 Å². The molecule has 5 heteroatoms. The van der Waals surface area contributed by atoms with Crippen molar-refractivity contribution in [3.8, 4) is 0 Å². The van der Waals surface area contributed by atoms with Gasteiger partial charge >= 0.3 is 0 Å². The quantitative estimate of drug-likeness (QED) is 0.724. The highest BCUT2D eigenvalue weighted by Gasteiger charge is 2.10. The van der Waals surface area contributed by atoms with E-state index in [-0.39, 0.29) is 5.91 Å². The van der Waals surface area contributed by atoms with Crippen LogP contribution in [0.4, 0.5) is 11.4 Å². The molecule has 4 nitrogen and oxygen atoms in total. The molecular formula is C15H25N3OS. The molecule has 0 fully saturated rings. The van der Waals surface area contributed by atoms with Crippen LogP contribution in [0, 0.1) is 0 Å². The maximum Gasteiger partial charge on any atom is 0.225 e. The minimum atomic E-state index is 0.0405. The number of nitrogens with one attached hydrogen (secondary N) is 1. The summed E-state index contributed by atoms with van der Waals surface area (Å²) in [5, 5.41) is 2.88. The molecule has 0 bridgehead atoms. The molecule has 0 spiro atoms. The molecule has 1 amide bonds. The summed E-state index contributed by atoms with van der Waals surface area (Å²) in [6.45, 7) is 2.98. The van der Waals surface area contributed by atoms with E-state index in [9.17, 15) is 4.79 Å². The van der Waals surface area contributed by atoms with Gasteiger partial charge in [0.1, 0.15) is 0 Å². The van der Waals surface area contributed by atoms with E-state index >= 15 is 0 Å². The summed E-state index contributed by atoms with van der Waals surface area (Å²) in [6, 6.07) is 7.71. The number of thioether (sulfide) groups is 1. The van der Waals surface area contributed by atoms with Crippen molar-refractivity contribution >= 4 is 29.0 Å². The first-order chi connectivity index (χ1) is 9.52. The third-order valence-electron chi connectivity index (χ3n) is 3.38. The van der Waals surface area contributed by atoms with Crippen molar-refractivity contribution in [2.75, 3.05) is 36.7 Å². The molecule has 0 aliphatic rings. The highest BCUT2D eigenvalue weighted by atomic mass is 32.2. The van der Waals surface area contributed by atoms with Crippen molar-refractivity contribution in [3.63, 3.8) is 0 Å². The molecule has 0 aliphatic carbocycles. The van der Waals surface area contributed by atoms with Gasteiger partial charge in [-0.25, -0.2) is 0 Å². The van der Waals surface area contributed by atoms with E-state index < -0.39 is 0 Å². The average Bonchev–Trinajstić information content (AvgIpc) is 2.44. The largest absolute Gasteiger partial charge is 0.399 e. The summed E-state index contributed by atoms with van der Waals surface area (Å²) in [5.74, 6) is 1.20. The Bertz CT molecular complexity index is 408. The smallest absolute Gasteiger partial charge is 0.225 e. The summed E-state index contributed by atoms with van der Waals surface area (Å²) in [6.07, 6.45) is 3.77. The molecule has 0 heterocycles. The lowest BCUT2D eigenvalue weighted by Gasteiger charge is -2.24. The zero-order valence-electron chi connectivity index (χ0n) is 12.6. The van der Waals surface area contributed by atoms with E-state index in [2.05, 4.69) is 30.4 Å². The molecule has 20 heavy (non-hydrogen) atoms. The molecule has 3 N–H and O–H groups in total. The Morgan fingerprint density at radius 2 is 2.05 bits per heavy atom. The van der Waals surface area contributed by atoms with Crippen LogP contribution in [0.2, 0.25) is 0 Å². The highest BCUT2D eigenvalue weighted by molar-refractivity contribution is 7.98. The lowest BCUT2D eigenvalue weighted by molar-refractivity contribution is -0.116. The van der Waals surface area contributed by atoms with Gasteiger partial charge in [0.05, 0.1) is 0 Å². The van der Waals surface area contributed by atoms with Gasteiger partial charge in [0.2, 0.25) is 5.91 Å². The summed E-state index contributed by atoms with van der Waals surface area (Å²) >= 11 is 1.86. The number of carbonyl (C=O) groups is 1. The Morgan fingerprint density at radius 3 is 2.65 bits per heavy atom. The number of anilines is 2. The maximum atomic E-state index is 11.9. The van der Waals surface area contributed by atoms with Crippen LogP contribution in [0.3, 0.4) is 0 Å². The summed E-state index contributed by atoms with van der Waals surface area (Å²) in [5.41, 5.74) is 7.10. The van der Waals surface area contributed by atoms with Crippen LogP contribution in [-0.2, 0) is 4.79 Å². The van der Waals surface area contributed by atoms with Crippen LogP contribution in [0.5, 0.6) is 0 Å². The summed E-state index contributed by atoms with van der Waals surface area (Å²) in [7, 11) is 2.07. The van der Waals surface area contributed by atoms with Crippen LogP contribution in [0.1, 0.15) is 19.8 Å². The number of carbonyl (C=O) groups excluding carboxylic acids is 1. The number of nitrogens with two attached hydrogens (primary N) is 1. The van der Waals surface area contributed by atoms with Crippen LogP contribution >= 0.6 is 11.8 Å². The molecule has 0 aromatic heterocycles. The van der Waals surface area contributed by atoms with Gasteiger partial charge < -0.3 is 16.0 Å². The normalized spacial score (nSPS) is 12.4. The maximum absolute atomic E-state index is 11.9. The second-order valence-corrected chi connectivity index (χ2v) is 6.02. The molecular weight excluding hydrogens is 270 g/mol. The van der Waals surface area contributed by atoms with Crippen molar-refractivity contribution in [2.24, 2.45) is 0 Å². The minimum Gasteiger partial charge on any atom is -0.399 e. The lowest BCUT2D eigenvalue weighted by Crippen LogP contribution is -2.32. The van der Waals surface area contributed by atoms with E-state index in [1.54, 1.807) is 12.1 Å². The predicted octanol–water partition coefficient (Wildman–Crippen LogP) is 2.67. The summed E-state index contributed by atoms with van der Waals surface area (Å²) in [4.78, 5) is 14.1. The van der Waals surface area contributed by atoms with Crippen molar-refractivity contribution in [1.29, 1.82) is 0 Å². The van der Waals surface area contributed by atoms with E-state index in [0.29, 0.717) is 18.2 Å². The van der Waals surface area contributed by atoms with E-state index in [1.165, 1.54) is 0 Å². The van der Waals surface area contributed by atoms with Crippen LogP contribution in [0.15, 0.2) is 24.3 Å². The number of rotatable bonds is 8. The molecule has 0 radical (unpaired) electrons. The van der Waals surface area contributed by atoms with E-state index in [0.717, 1.165) is 24.4 Å². The molecule has 1 atom stereocenters. The molecule has 112 valence electrons. The average molecular weight is 295 g/mol. The SMILES string of the molecule is CSCCC(C)N(C)CCC(=O)Nc1ccc(N)cc1. The Kier molecular flexibility index (Phi) is 7.47. The van der Waals surface area contributed by atoms with Gasteiger partial charge in [0.25, 0.3) is 0 Å². The highest BCUT2D eigenvalue weighted by Crippen LogP contribution is 2.11. The van der Waals surface area contributed by atoms with E-state index in [1.807, 2.05) is 23.9 Å². The second kappa shape index (κ2) is 8.87. The second-order valence-electron chi connectivity index (χ2n) is 5.03. The van der Waals surface area contributed by atoms with Gasteiger partial charge in [-0.15, -0.1) is 0 Å². The predicted molar refractivity (Wildman–Crippen MR) is 89.2 cm³/mol. The Labute approximate surface area is 126 Å². The fourth-order valence-corrected chi connectivity index (χ4v) is 2.37. The summed E-state index contributed by atoms with van der Waals surface area (Å²) < 4.78 is 0. The van der Waals surface area contributed by atoms with Gasteiger partial charge in [0.15, 0.2) is 0 Å². The molecule has 1 unspecified atom stereocenters. The number of amides is 1. The van der Waals surface area contributed by atoms with Crippen molar-refractivity contribution < 1.29 is 4.79 Å². The fourth-order valence-electron chi connectivity index (χ4n) is 1.80. The monoisotopic (exact) mass is 295 g/mol. The first-order valence-electron chi connectivity index (χ1n) is 6.87. The third-order valence-corrected chi connectivity index (χ3v) is 4.02. The standard InChI is InChI=1S/C15H25N3OS/c1-12(9-11-20-3)18(2)10-8-15(19)17-14-6-4-13(16)5-7-14/h4-7,12H,8-11,16H2,1-3H3,(H,17,19). The Morgan fingerprint density at radius 1 is 1.40 bits per heavy atom. The molecule has 0 saturated heterocycles. The first-order valence-corrected chi connectivity index (χ1v) is 8.27. The number of hydrogen-bond acceptors (Lipinski definition) is 4. The van der Waals surface area contributed by atoms with Gasteiger partial charge in [-0.3, -0.25) is 4.79 Å². The van der Waals surface area contributed by atoms with Crippen LogP contribution in [-0.4, -0.2) is 42.4 Å². The number of nitrogens with zero attached hydrogens (tertiary/aromatic N) is 1. The molecule has 1 aromatic rings. The molecule has 0 saturated carbocycles. The molecule has 1 rings (SSSR count). The number of hydrogen-bond donors (Lipinski definition) is 2. The van der Waals surface area contributed by atoms with Gasteiger partial charge in [0, 0.05) is 30.4 Å². The van der Waals surface area contributed by atoms with Gasteiger partial charge in [-0.1, -0.05) is 0 Å². The van der Waals surface area contributed by atoms with Gasteiger partial charge in [-0.2, -0.15) is 11.8 Å². The lowest BCUT2D eigenvalue weighted by atomic mass is 10.2.